The van der Waals surface area contributed by atoms with Crippen molar-refractivity contribution in [1.82, 2.24) is 15.0 Å². The first-order valence-corrected chi connectivity index (χ1v) is 9.85. The number of halogens is 1. The van der Waals surface area contributed by atoms with Crippen LogP contribution in [-0.2, 0) is 0 Å². The molecule has 0 aliphatic carbocycles. The van der Waals surface area contributed by atoms with Crippen molar-refractivity contribution in [2.45, 2.75) is 25.7 Å². The molecule has 2 heterocycles. The first kappa shape index (κ1) is 17.9. The van der Waals surface area contributed by atoms with Crippen LogP contribution in [0.15, 0.2) is 57.5 Å². The minimum absolute atomic E-state index is 0.0328. The molecule has 1 atom stereocenters. The summed E-state index contributed by atoms with van der Waals surface area (Å²) in [7, 11) is 0. The standard InChI is InChI=1S/C21H20BrN3O2/c1-14-8-10-15(11-9-14)19-23-20(27-24-19)16-5-4-12-25(13-16)21(26)17-6-2-3-7-18(17)22/h2-3,6-11,16H,4-5,12-13H2,1H3/t16-/m0/s1. The second kappa shape index (κ2) is 7.64. The van der Waals surface area contributed by atoms with Crippen LogP contribution < -0.4 is 0 Å². The Hall–Kier alpha value is -2.47. The van der Waals surface area contributed by atoms with E-state index < -0.39 is 0 Å². The van der Waals surface area contributed by atoms with Crippen molar-refractivity contribution in [2.75, 3.05) is 13.1 Å². The molecule has 1 amide bonds. The van der Waals surface area contributed by atoms with Gasteiger partial charge < -0.3 is 9.42 Å². The van der Waals surface area contributed by atoms with E-state index in [1.54, 1.807) is 0 Å². The molecule has 4 rings (SSSR count). The van der Waals surface area contributed by atoms with Crippen LogP contribution in [0.1, 0.15) is 40.6 Å². The molecular weight excluding hydrogens is 406 g/mol. The van der Waals surface area contributed by atoms with E-state index in [2.05, 4.69) is 26.1 Å². The zero-order valence-corrected chi connectivity index (χ0v) is 16.6. The zero-order chi connectivity index (χ0) is 18.8. The maximum Gasteiger partial charge on any atom is 0.255 e. The number of benzene rings is 2. The normalized spacial score (nSPS) is 17.1. The van der Waals surface area contributed by atoms with Gasteiger partial charge in [-0.2, -0.15) is 4.98 Å². The molecule has 1 saturated heterocycles. The van der Waals surface area contributed by atoms with Crippen molar-refractivity contribution in [2.24, 2.45) is 0 Å². The predicted molar refractivity (Wildman–Crippen MR) is 106 cm³/mol. The summed E-state index contributed by atoms with van der Waals surface area (Å²) >= 11 is 3.47. The summed E-state index contributed by atoms with van der Waals surface area (Å²) in [5.41, 5.74) is 2.81. The van der Waals surface area contributed by atoms with Crippen LogP contribution in [0.4, 0.5) is 0 Å². The third-order valence-corrected chi connectivity index (χ3v) is 5.61. The van der Waals surface area contributed by atoms with E-state index in [1.165, 1.54) is 5.56 Å². The summed E-state index contributed by atoms with van der Waals surface area (Å²) in [6.45, 7) is 3.38. The van der Waals surface area contributed by atoms with Gasteiger partial charge in [-0.05, 0) is 47.8 Å². The third-order valence-electron chi connectivity index (χ3n) is 4.91. The molecule has 1 aliphatic heterocycles. The Morgan fingerprint density at radius 3 is 2.74 bits per heavy atom. The maximum absolute atomic E-state index is 12.9. The van der Waals surface area contributed by atoms with Crippen molar-refractivity contribution in [3.05, 3.63) is 70.0 Å². The Labute approximate surface area is 166 Å². The Kier molecular flexibility index (Phi) is 5.07. The first-order valence-electron chi connectivity index (χ1n) is 9.06. The molecular formula is C21H20BrN3O2. The lowest BCUT2D eigenvalue weighted by Gasteiger charge is -2.31. The summed E-state index contributed by atoms with van der Waals surface area (Å²) in [5.74, 6) is 1.30. The van der Waals surface area contributed by atoms with Crippen LogP contribution >= 0.6 is 15.9 Å². The van der Waals surface area contributed by atoms with E-state index in [0.29, 0.717) is 23.8 Å². The minimum Gasteiger partial charge on any atom is -0.339 e. The minimum atomic E-state index is 0.0328. The zero-order valence-electron chi connectivity index (χ0n) is 15.1. The van der Waals surface area contributed by atoms with Crippen molar-refractivity contribution in [3.8, 4) is 11.4 Å². The monoisotopic (exact) mass is 425 g/mol. The van der Waals surface area contributed by atoms with E-state index in [4.69, 9.17) is 4.52 Å². The van der Waals surface area contributed by atoms with E-state index in [1.807, 2.05) is 60.4 Å². The molecule has 2 aromatic carbocycles. The number of rotatable bonds is 3. The van der Waals surface area contributed by atoms with Crippen molar-refractivity contribution in [1.29, 1.82) is 0 Å². The van der Waals surface area contributed by atoms with Crippen LogP contribution in [0.2, 0.25) is 0 Å². The van der Waals surface area contributed by atoms with Crippen LogP contribution in [-0.4, -0.2) is 34.0 Å². The molecule has 0 saturated carbocycles. The van der Waals surface area contributed by atoms with Gasteiger partial charge in [0, 0.05) is 23.1 Å². The fraction of sp³-hybridized carbons (Fsp3) is 0.286. The predicted octanol–water partition coefficient (Wildman–Crippen LogP) is 4.83. The third kappa shape index (κ3) is 3.81. The van der Waals surface area contributed by atoms with Crippen molar-refractivity contribution < 1.29 is 9.32 Å². The maximum atomic E-state index is 12.9. The number of carbonyl (C=O) groups excluding carboxylic acids is 1. The van der Waals surface area contributed by atoms with Gasteiger partial charge in [-0.1, -0.05) is 47.1 Å². The fourth-order valence-electron chi connectivity index (χ4n) is 3.39. The SMILES string of the molecule is Cc1ccc(-c2noc([C@H]3CCCN(C(=O)c4ccccc4Br)C3)n2)cc1. The molecule has 0 bridgehead atoms. The molecule has 0 N–H and O–H groups in total. The lowest BCUT2D eigenvalue weighted by molar-refractivity contribution is 0.0694. The number of nitrogens with zero attached hydrogens (tertiary/aromatic N) is 3. The largest absolute Gasteiger partial charge is 0.339 e. The molecule has 5 nitrogen and oxygen atoms in total. The lowest BCUT2D eigenvalue weighted by atomic mass is 9.97. The van der Waals surface area contributed by atoms with Gasteiger partial charge in [0.15, 0.2) is 0 Å². The topological polar surface area (TPSA) is 59.2 Å². The van der Waals surface area contributed by atoms with Gasteiger partial charge in [-0.25, -0.2) is 0 Å². The van der Waals surface area contributed by atoms with E-state index in [9.17, 15) is 4.79 Å². The van der Waals surface area contributed by atoms with Crippen LogP contribution in [0, 0.1) is 6.92 Å². The van der Waals surface area contributed by atoms with Gasteiger partial charge in [-0.3, -0.25) is 4.79 Å². The molecule has 3 aromatic rings. The first-order chi connectivity index (χ1) is 13.1. The highest BCUT2D eigenvalue weighted by molar-refractivity contribution is 9.10. The Morgan fingerprint density at radius 2 is 1.96 bits per heavy atom. The van der Waals surface area contributed by atoms with E-state index in [0.717, 1.165) is 29.4 Å². The number of aromatic nitrogens is 2. The van der Waals surface area contributed by atoms with E-state index >= 15 is 0 Å². The van der Waals surface area contributed by atoms with Crippen molar-refractivity contribution >= 4 is 21.8 Å². The highest BCUT2D eigenvalue weighted by Gasteiger charge is 2.29. The highest BCUT2D eigenvalue weighted by Crippen LogP contribution is 2.29. The van der Waals surface area contributed by atoms with Crippen molar-refractivity contribution in [3.63, 3.8) is 0 Å². The smallest absolute Gasteiger partial charge is 0.255 e. The van der Waals surface area contributed by atoms with E-state index in [-0.39, 0.29) is 11.8 Å². The summed E-state index contributed by atoms with van der Waals surface area (Å²) in [5, 5.41) is 4.14. The second-order valence-corrected chi connectivity index (χ2v) is 7.75. The highest BCUT2D eigenvalue weighted by atomic mass is 79.9. The summed E-state index contributed by atoms with van der Waals surface area (Å²) in [6, 6.07) is 15.6. The summed E-state index contributed by atoms with van der Waals surface area (Å²) < 4.78 is 6.35. The average Bonchev–Trinajstić information content (AvgIpc) is 3.19. The Morgan fingerprint density at radius 1 is 1.19 bits per heavy atom. The number of aryl methyl sites for hydroxylation is 1. The fourth-order valence-corrected chi connectivity index (χ4v) is 3.84. The lowest BCUT2D eigenvalue weighted by Crippen LogP contribution is -2.39. The quantitative estimate of drug-likeness (QED) is 0.602. The second-order valence-electron chi connectivity index (χ2n) is 6.89. The number of amides is 1. The number of hydrogen-bond acceptors (Lipinski definition) is 4. The molecule has 0 unspecified atom stereocenters. The number of likely N-dealkylation sites (tertiary alicyclic amines) is 1. The number of carbonyl (C=O) groups is 1. The van der Waals surface area contributed by atoms with Gasteiger partial charge in [0.2, 0.25) is 11.7 Å². The molecule has 1 aromatic heterocycles. The number of hydrogen-bond donors (Lipinski definition) is 0. The van der Waals surface area contributed by atoms with Gasteiger partial charge in [0.25, 0.3) is 5.91 Å². The van der Waals surface area contributed by atoms with Gasteiger partial charge in [-0.15, -0.1) is 0 Å². The van der Waals surface area contributed by atoms with Gasteiger partial charge >= 0.3 is 0 Å². The summed E-state index contributed by atoms with van der Waals surface area (Å²) in [6.07, 6.45) is 1.86. The van der Waals surface area contributed by atoms with Crippen LogP contribution in [0.3, 0.4) is 0 Å². The Bertz CT molecular complexity index is 952. The van der Waals surface area contributed by atoms with Gasteiger partial charge in [0.1, 0.15) is 0 Å². The van der Waals surface area contributed by atoms with Crippen LogP contribution in [0.5, 0.6) is 0 Å². The molecule has 0 radical (unpaired) electrons. The molecule has 138 valence electrons. The molecule has 6 heteroatoms. The number of piperidine rings is 1. The molecule has 27 heavy (non-hydrogen) atoms. The van der Waals surface area contributed by atoms with Gasteiger partial charge in [0.05, 0.1) is 11.5 Å². The molecule has 1 fully saturated rings. The summed E-state index contributed by atoms with van der Waals surface area (Å²) in [4.78, 5) is 19.4. The Balaban J connectivity index is 1.51. The molecule has 1 aliphatic rings. The average molecular weight is 426 g/mol. The van der Waals surface area contributed by atoms with Crippen LogP contribution in [0.25, 0.3) is 11.4 Å². The molecule has 0 spiro atoms.